The molecule has 1 aliphatic heterocycles. The minimum Gasteiger partial charge on any atom is -0.494 e. The monoisotopic (exact) mass is 445 g/mol. The van der Waals surface area contributed by atoms with Gasteiger partial charge in [0.1, 0.15) is 5.75 Å². The van der Waals surface area contributed by atoms with Crippen LogP contribution in [0, 0.1) is 5.92 Å². The molecule has 0 radical (unpaired) electrons. The van der Waals surface area contributed by atoms with E-state index in [0.717, 1.165) is 63.3 Å². The van der Waals surface area contributed by atoms with Crippen molar-refractivity contribution in [2.45, 2.75) is 39.5 Å². The van der Waals surface area contributed by atoms with E-state index in [1.54, 1.807) is 0 Å². The zero-order chi connectivity index (χ0) is 16.3. The molecule has 1 aliphatic rings. The molecular formula is C19H32IN3O. The van der Waals surface area contributed by atoms with Crippen molar-refractivity contribution in [1.82, 2.24) is 10.2 Å². The highest BCUT2D eigenvalue weighted by molar-refractivity contribution is 14.0. The quantitative estimate of drug-likeness (QED) is 0.297. The van der Waals surface area contributed by atoms with Gasteiger partial charge in [-0.25, -0.2) is 0 Å². The number of hydrogen-bond donors (Lipinski definition) is 1. The lowest BCUT2D eigenvalue weighted by Crippen LogP contribution is -2.45. The summed E-state index contributed by atoms with van der Waals surface area (Å²) in [6.07, 6.45) is 4.64. The van der Waals surface area contributed by atoms with Crippen LogP contribution >= 0.6 is 24.0 Å². The van der Waals surface area contributed by atoms with E-state index >= 15 is 0 Å². The third kappa shape index (κ3) is 7.73. The molecule has 0 amide bonds. The van der Waals surface area contributed by atoms with Crippen LogP contribution in [0.1, 0.15) is 39.5 Å². The van der Waals surface area contributed by atoms with E-state index in [1.807, 2.05) is 30.3 Å². The molecule has 1 aromatic carbocycles. The molecule has 0 aliphatic carbocycles. The van der Waals surface area contributed by atoms with Crippen molar-refractivity contribution in [2.24, 2.45) is 10.9 Å². The molecular weight excluding hydrogens is 413 g/mol. The fraction of sp³-hybridized carbons (Fsp3) is 0.632. The number of unbranched alkanes of at least 4 members (excludes halogenated alkanes) is 1. The molecule has 0 saturated carbocycles. The third-order valence-corrected chi connectivity index (χ3v) is 4.24. The van der Waals surface area contributed by atoms with Gasteiger partial charge in [-0.3, -0.25) is 4.99 Å². The number of para-hydroxylation sites is 1. The molecule has 24 heavy (non-hydrogen) atoms. The largest absolute Gasteiger partial charge is 0.494 e. The zero-order valence-corrected chi connectivity index (χ0v) is 17.4. The van der Waals surface area contributed by atoms with Gasteiger partial charge in [0.2, 0.25) is 0 Å². The van der Waals surface area contributed by atoms with Crippen LogP contribution in [0.25, 0.3) is 0 Å². The maximum absolute atomic E-state index is 5.71. The number of piperidine rings is 1. The lowest BCUT2D eigenvalue weighted by Gasteiger charge is -2.33. The first-order valence-electron chi connectivity index (χ1n) is 9.00. The number of nitrogens with zero attached hydrogens (tertiary/aromatic N) is 2. The normalized spacial score (nSPS) is 15.8. The molecule has 2 rings (SSSR count). The maximum atomic E-state index is 5.71. The number of likely N-dealkylation sites (tertiary alicyclic amines) is 1. The number of hydrogen-bond acceptors (Lipinski definition) is 2. The van der Waals surface area contributed by atoms with E-state index in [0.29, 0.717) is 0 Å². The van der Waals surface area contributed by atoms with Crippen LogP contribution in [-0.4, -0.2) is 43.6 Å². The van der Waals surface area contributed by atoms with E-state index in [9.17, 15) is 0 Å². The summed E-state index contributed by atoms with van der Waals surface area (Å²) in [5.74, 6) is 2.89. The third-order valence-electron chi connectivity index (χ3n) is 4.24. The molecule has 0 bridgehead atoms. The highest BCUT2D eigenvalue weighted by Gasteiger charge is 2.18. The standard InChI is InChI=1S/C19H31N3O.HI/c1-3-20-19(22-14-11-17(2)12-15-22)21-13-7-8-16-23-18-9-5-4-6-10-18;/h4-6,9-10,17H,3,7-8,11-16H2,1-2H3,(H,20,21);1H. The van der Waals surface area contributed by atoms with Gasteiger partial charge in [0.15, 0.2) is 5.96 Å². The lowest BCUT2D eigenvalue weighted by atomic mass is 10.00. The summed E-state index contributed by atoms with van der Waals surface area (Å²) >= 11 is 0. The van der Waals surface area contributed by atoms with E-state index < -0.39 is 0 Å². The average Bonchev–Trinajstić information content (AvgIpc) is 2.59. The number of guanidine groups is 1. The van der Waals surface area contributed by atoms with Gasteiger partial charge in [0, 0.05) is 26.2 Å². The van der Waals surface area contributed by atoms with Gasteiger partial charge in [-0.05, 0) is 50.7 Å². The second-order valence-electron chi connectivity index (χ2n) is 6.27. The van der Waals surface area contributed by atoms with Gasteiger partial charge in [-0.1, -0.05) is 25.1 Å². The van der Waals surface area contributed by atoms with Gasteiger partial charge in [0.05, 0.1) is 6.61 Å². The van der Waals surface area contributed by atoms with E-state index in [2.05, 4.69) is 24.1 Å². The minimum absolute atomic E-state index is 0. The number of halogens is 1. The zero-order valence-electron chi connectivity index (χ0n) is 15.0. The number of nitrogens with one attached hydrogen (secondary N) is 1. The van der Waals surface area contributed by atoms with Crippen molar-refractivity contribution in [3.8, 4) is 5.75 Å². The fourth-order valence-electron chi connectivity index (χ4n) is 2.75. The molecule has 5 heteroatoms. The van der Waals surface area contributed by atoms with Crippen LogP contribution in [0.2, 0.25) is 0 Å². The number of aliphatic imine (C=N–C) groups is 1. The summed E-state index contributed by atoms with van der Waals surface area (Å²) in [6.45, 7) is 9.30. The Morgan fingerprint density at radius 3 is 2.58 bits per heavy atom. The maximum Gasteiger partial charge on any atom is 0.193 e. The summed E-state index contributed by atoms with van der Waals surface area (Å²) in [6, 6.07) is 10.0. The SMILES string of the molecule is CCNC(=NCCCCOc1ccccc1)N1CCC(C)CC1.I. The highest BCUT2D eigenvalue weighted by atomic mass is 127. The van der Waals surface area contributed by atoms with Gasteiger partial charge in [-0.15, -0.1) is 24.0 Å². The van der Waals surface area contributed by atoms with Crippen molar-refractivity contribution in [3.63, 3.8) is 0 Å². The molecule has 1 saturated heterocycles. The lowest BCUT2D eigenvalue weighted by molar-refractivity contribution is 0.273. The summed E-state index contributed by atoms with van der Waals surface area (Å²) in [5, 5.41) is 3.43. The predicted molar refractivity (Wildman–Crippen MR) is 113 cm³/mol. The summed E-state index contributed by atoms with van der Waals surface area (Å²) in [4.78, 5) is 7.19. The van der Waals surface area contributed by atoms with E-state index in [1.165, 1.54) is 12.8 Å². The van der Waals surface area contributed by atoms with Gasteiger partial charge >= 0.3 is 0 Å². The second-order valence-corrected chi connectivity index (χ2v) is 6.27. The van der Waals surface area contributed by atoms with Crippen LogP contribution < -0.4 is 10.1 Å². The molecule has 0 spiro atoms. The van der Waals surface area contributed by atoms with Gasteiger partial charge in [0.25, 0.3) is 0 Å². The summed E-state index contributed by atoms with van der Waals surface area (Å²) < 4.78 is 5.71. The molecule has 1 aromatic rings. The Balaban J connectivity index is 0.00000288. The number of rotatable bonds is 7. The molecule has 4 nitrogen and oxygen atoms in total. The Labute approximate surface area is 164 Å². The van der Waals surface area contributed by atoms with Crippen LogP contribution in [0.4, 0.5) is 0 Å². The molecule has 1 N–H and O–H groups in total. The Morgan fingerprint density at radius 1 is 1.21 bits per heavy atom. The Hall–Kier alpha value is -0.980. The van der Waals surface area contributed by atoms with Crippen LogP contribution in [0.3, 0.4) is 0 Å². The smallest absolute Gasteiger partial charge is 0.193 e. The molecule has 1 fully saturated rings. The minimum atomic E-state index is 0. The van der Waals surface area contributed by atoms with Crippen molar-refractivity contribution >= 4 is 29.9 Å². The topological polar surface area (TPSA) is 36.9 Å². The highest BCUT2D eigenvalue weighted by Crippen LogP contribution is 2.16. The Morgan fingerprint density at radius 2 is 1.92 bits per heavy atom. The first-order chi connectivity index (χ1) is 11.3. The number of benzene rings is 1. The number of ether oxygens (including phenoxy) is 1. The van der Waals surface area contributed by atoms with Gasteiger partial charge < -0.3 is 15.0 Å². The first-order valence-corrected chi connectivity index (χ1v) is 9.00. The molecule has 0 atom stereocenters. The summed E-state index contributed by atoms with van der Waals surface area (Å²) in [7, 11) is 0. The van der Waals surface area contributed by atoms with Gasteiger partial charge in [-0.2, -0.15) is 0 Å². The Bertz CT molecular complexity index is 459. The van der Waals surface area contributed by atoms with Crippen LogP contribution in [0.5, 0.6) is 5.75 Å². The molecule has 136 valence electrons. The fourth-order valence-corrected chi connectivity index (χ4v) is 2.75. The average molecular weight is 445 g/mol. The Kier molecular flexibility index (Phi) is 10.9. The first kappa shape index (κ1) is 21.1. The van der Waals surface area contributed by atoms with Crippen molar-refractivity contribution in [3.05, 3.63) is 30.3 Å². The molecule has 0 aromatic heterocycles. The van der Waals surface area contributed by atoms with Crippen LogP contribution in [0.15, 0.2) is 35.3 Å². The van der Waals surface area contributed by atoms with Crippen molar-refractivity contribution < 1.29 is 4.74 Å². The molecule has 1 heterocycles. The molecule has 0 unspecified atom stereocenters. The second kappa shape index (κ2) is 12.4. The van der Waals surface area contributed by atoms with Crippen molar-refractivity contribution in [1.29, 1.82) is 0 Å². The summed E-state index contributed by atoms with van der Waals surface area (Å²) in [5.41, 5.74) is 0. The predicted octanol–water partition coefficient (Wildman–Crippen LogP) is 4.16. The van der Waals surface area contributed by atoms with E-state index in [-0.39, 0.29) is 24.0 Å². The van der Waals surface area contributed by atoms with Crippen LogP contribution in [-0.2, 0) is 0 Å². The van der Waals surface area contributed by atoms with E-state index in [4.69, 9.17) is 9.73 Å². The van der Waals surface area contributed by atoms with Crippen molar-refractivity contribution in [2.75, 3.05) is 32.8 Å².